The lowest BCUT2D eigenvalue weighted by molar-refractivity contribution is -0.119. The first-order chi connectivity index (χ1) is 16.3. The molecule has 0 saturated heterocycles. The molecule has 0 atom stereocenters. The fraction of sp³-hybridized carbons (Fsp3) is 0.0909. The number of thioether (sulfide) groups is 1. The molecule has 0 bridgehead atoms. The number of ketones is 1. The van der Waals surface area contributed by atoms with Gasteiger partial charge in [0.1, 0.15) is 10.4 Å². The van der Waals surface area contributed by atoms with Gasteiger partial charge in [-0.05, 0) is 57.7 Å². The van der Waals surface area contributed by atoms with Crippen LogP contribution in [0.5, 0.6) is 5.75 Å². The van der Waals surface area contributed by atoms with Gasteiger partial charge in [-0.2, -0.15) is 4.68 Å². The number of thiophene rings is 1. The maximum atomic E-state index is 13.0. The number of carbonyl (C=O) groups excluding carboxylic acids is 2. The predicted octanol–water partition coefficient (Wildman–Crippen LogP) is 5.65. The minimum Gasteiger partial charge on any atom is -0.483 e. The molecule has 7 nitrogen and oxygen atoms in total. The number of rotatable bonds is 8. The van der Waals surface area contributed by atoms with Crippen molar-refractivity contribution in [1.82, 2.24) is 9.66 Å². The predicted molar refractivity (Wildman–Crippen MR) is 139 cm³/mol. The van der Waals surface area contributed by atoms with Gasteiger partial charge in [-0.25, -0.2) is 4.98 Å². The van der Waals surface area contributed by atoms with E-state index < -0.39 is 11.5 Å². The molecule has 0 aliphatic rings. The molecule has 2 heterocycles. The minimum atomic E-state index is -0.562. The number of hydrogen-bond acceptors (Lipinski definition) is 7. The van der Waals surface area contributed by atoms with Crippen molar-refractivity contribution in [1.29, 1.82) is 0 Å². The largest absolute Gasteiger partial charge is 0.483 e. The Morgan fingerprint density at radius 3 is 2.71 bits per heavy atom. The van der Waals surface area contributed by atoms with Crippen LogP contribution in [0.3, 0.4) is 0 Å². The van der Waals surface area contributed by atoms with Gasteiger partial charge >= 0.3 is 0 Å². The lowest BCUT2D eigenvalue weighted by atomic mass is 10.1. The van der Waals surface area contributed by atoms with Gasteiger partial charge in [0.2, 0.25) is 0 Å². The molecule has 4 rings (SSSR count). The highest BCUT2D eigenvalue weighted by atomic mass is 79.9. The van der Waals surface area contributed by atoms with Crippen molar-refractivity contribution in [3.63, 3.8) is 0 Å². The number of hydrogen-bond donors (Lipinski definition) is 1. The lowest BCUT2D eigenvalue weighted by Gasteiger charge is -2.13. The number of nitrogens with one attached hydrogen (secondary N) is 1. The van der Waals surface area contributed by atoms with E-state index in [-0.39, 0.29) is 28.3 Å². The molecule has 174 valence electrons. The number of Topliss-reactive ketones (excluding diaryl/α,β-unsaturated/α-hetero) is 1. The highest BCUT2D eigenvalue weighted by molar-refractivity contribution is 9.10. The maximum absolute atomic E-state index is 13.0. The van der Waals surface area contributed by atoms with Crippen molar-refractivity contribution in [3.05, 3.63) is 84.3 Å². The molecule has 0 unspecified atom stereocenters. The summed E-state index contributed by atoms with van der Waals surface area (Å²) in [6.07, 6.45) is 0. The number of carbonyl (C=O) groups is 2. The van der Waals surface area contributed by atoms with E-state index in [0.717, 1.165) is 16.4 Å². The van der Waals surface area contributed by atoms with Gasteiger partial charge in [0.25, 0.3) is 11.5 Å². The topological polar surface area (TPSA) is 90.3 Å². The van der Waals surface area contributed by atoms with Crippen LogP contribution in [0.1, 0.15) is 10.4 Å². The zero-order valence-electron chi connectivity index (χ0n) is 17.1. The van der Waals surface area contributed by atoms with Crippen molar-refractivity contribution in [2.45, 2.75) is 5.16 Å². The Morgan fingerprint density at radius 1 is 1.15 bits per heavy atom. The molecule has 0 spiro atoms. The molecule has 1 amide bonds. The van der Waals surface area contributed by atoms with Gasteiger partial charge in [0.05, 0.1) is 25.8 Å². The minimum absolute atomic E-state index is 0.0383. The van der Waals surface area contributed by atoms with Crippen molar-refractivity contribution in [3.8, 4) is 5.75 Å². The van der Waals surface area contributed by atoms with Crippen molar-refractivity contribution >= 4 is 84.1 Å². The number of fused-ring (bicyclic) bond motifs is 1. The molecular weight excluding hydrogens is 585 g/mol. The Balaban J connectivity index is 1.53. The summed E-state index contributed by atoms with van der Waals surface area (Å²) in [5.41, 5.74) is 2.94. The number of ether oxygens (including phenoxy) is 1. The average Bonchev–Trinajstić information content (AvgIpc) is 3.29. The van der Waals surface area contributed by atoms with Crippen LogP contribution in [0.2, 0.25) is 10.0 Å². The second-order valence-corrected chi connectivity index (χ2v) is 10.3. The Labute approximate surface area is 220 Å². The van der Waals surface area contributed by atoms with Crippen molar-refractivity contribution in [2.24, 2.45) is 0 Å². The van der Waals surface area contributed by atoms with Crippen LogP contribution in [0.4, 0.5) is 0 Å². The number of aromatic nitrogens is 2. The fourth-order valence-corrected chi connectivity index (χ4v) is 5.14. The molecule has 0 aliphatic carbocycles. The van der Waals surface area contributed by atoms with Crippen LogP contribution in [0.15, 0.2) is 68.3 Å². The van der Waals surface area contributed by atoms with Gasteiger partial charge in [0, 0.05) is 5.56 Å². The summed E-state index contributed by atoms with van der Waals surface area (Å²) in [6, 6.07) is 13.4. The molecule has 12 heteroatoms. The standard InChI is InChI=1S/C22H14BrCl2N3O4S2/c23-13-3-1-2-4-18(13)32-10-19(30)27-28-21(31)20-16(7-8-33-20)26-22(28)34-11-17(29)12-5-6-14(24)15(25)9-12/h1-9H,10-11H2,(H,27,30). The third kappa shape index (κ3) is 5.64. The molecule has 4 aromatic rings. The van der Waals surface area contributed by atoms with Crippen LogP contribution in [-0.2, 0) is 4.79 Å². The van der Waals surface area contributed by atoms with E-state index >= 15 is 0 Å². The molecule has 2 aromatic carbocycles. The van der Waals surface area contributed by atoms with Gasteiger partial charge in [-0.15, -0.1) is 11.3 Å². The second kappa shape index (κ2) is 10.9. The van der Waals surface area contributed by atoms with Crippen molar-refractivity contribution in [2.75, 3.05) is 17.8 Å². The smallest absolute Gasteiger partial charge is 0.291 e. The van der Waals surface area contributed by atoms with Gasteiger partial charge in [-0.1, -0.05) is 47.1 Å². The first-order valence-corrected chi connectivity index (χ1v) is 13.0. The normalized spacial score (nSPS) is 10.9. The number of para-hydroxylation sites is 1. The van der Waals surface area contributed by atoms with Crippen LogP contribution in [0.25, 0.3) is 10.2 Å². The summed E-state index contributed by atoms with van der Waals surface area (Å²) >= 11 is 17.5. The van der Waals surface area contributed by atoms with Crippen LogP contribution in [0, 0.1) is 0 Å². The highest BCUT2D eigenvalue weighted by Crippen LogP contribution is 2.26. The van der Waals surface area contributed by atoms with E-state index in [1.54, 1.807) is 41.8 Å². The Morgan fingerprint density at radius 2 is 1.94 bits per heavy atom. The third-order valence-corrected chi connectivity index (χ3v) is 7.68. The highest BCUT2D eigenvalue weighted by Gasteiger charge is 2.18. The van der Waals surface area contributed by atoms with E-state index in [1.165, 1.54) is 17.4 Å². The van der Waals surface area contributed by atoms with Crippen molar-refractivity contribution < 1.29 is 14.3 Å². The molecule has 34 heavy (non-hydrogen) atoms. The Kier molecular flexibility index (Phi) is 7.95. The zero-order valence-corrected chi connectivity index (χ0v) is 21.8. The molecule has 0 radical (unpaired) electrons. The summed E-state index contributed by atoms with van der Waals surface area (Å²) < 4.78 is 7.64. The van der Waals surface area contributed by atoms with Gasteiger partial charge in [0.15, 0.2) is 17.5 Å². The number of nitrogens with zero attached hydrogens (tertiary/aromatic N) is 2. The summed E-state index contributed by atoms with van der Waals surface area (Å²) in [7, 11) is 0. The Bertz CT molecular complexity index is 1460. The van der Waals surface area contributed by atoms with E-state index in [9.17, 15) is 14.4 Å². The Hall–Kier alpha value is -2.37. The summed E-state index contributed by atoms with van der Waals surface area (Å²) in [5.74, 6) is -0.353. The maximum Gasteiger partial charge on any atom is 0.291 e. The quantitative estimate of drug-likeness (QED) is 0.160. The SMILES string of the molecule is O=C(COc1ccccc1Br)Nn1c(SCC(=O)c2ccc(Cl)c(Cl)c2)nc2ccsc2c1=O. The molecule has 0 fully saturated rings. The summed E-state index contributed by atoms with van der Waals surface area (Å²) in [6.45, 7) is -0.330. The van der Waals surface area contributed by atoms with E-state index in [4.69, 9.17) is 27.9 Å². The van der Waals surface area contributed by atoms with Crippen LogP contribution < -0.4 is 15.7 Å². The fourth-order valence-electron chi connectivity index (χ4n) is 2.83. The second-order valence-electron chi connectivity index (χ2n) is 6.76. The molecular formula is C22H14BrCl2N3O4S2. The van der Waals surface area contributed by atoms with E-state index in [2.05, 4.69) is 26.3 Å². The monoisotopic (exact) mass is 597 g/mol. The number of halogens is 3. The van der Waals surface area contributed by atoms with Crippen LogP contribution in [-0.4, -0.2) is 33.7 Å². The molecule has 2 aromatic heterocycles. The summed E-state index contributed by atoms with van der Waals surface area (Å²) in [4.78, 5) is 42.7. The van der Waals surface area contributed by atoms with Gasteiger partial charge < -0.3 is 4.74 Å². The number of benzene rings is 2. The molecule has 0 saturated carbocycles. The first-order valence-electron chi connectivity index (χ1n) is 9.62. The zero-order chi connectivity index (χ0) is 24.2. The number of amides is 1. The van der Waals surface area contributed by atoms with Gasteiger partial charge in [-0.3, -0.25) is 19.8 Å². The third-order valence-electron chi connectivity index (χ3n) is 4.46. The average molecular weight is 599 g/mol. The first kappa shape index (κ1) is 24.7. The molecule has 0 aliphatic heterocycles. The lowest BCUT2D eigenvalue weighted by Crippen LogP contribution is -2.37. The van der Waals surface area contributed by atoms with E-state index in [0.29, 0.717) is 31.0 Å². The molecule has 1 N–H and O–H groups in total. The van der Waals surface area contributed by atoms with E-state index in [1.807, 2.05) is 6.07 Å². The summed E-state index contributed by atoms with van der Waals surface area (Å²) in [5, 5.41) is 2.51. The van der Waals surface area contributed by atoms with Crippen LogP contribution >= 0.6 is 62.2 Å².